The first kappa shape index (κ1) is 16.3. The van der Waals surface area contributed by atoms with Gasteiger partial charge in [0.25, 0.3) is 0 Å². The van der Waals surface area contributed by atoms with Crippen molar-refractivity contribution >= 4 is 34.5 Å². The van der Waals surface area contributed by atoms with E-state index in [-0.39, 0.29) is 5.91 Å². The predicted molar refractivity (Wildman–Crippen MR) is 95.1 cm³/mol. The lowest BCUT2D eigenvalue weighted by molar-refractivity contribution is -0.115. The maximum absolute atomic E-state index is 11.9. The maximum Gasteiger partial charge on any atom is 0.226 e. The number of amides is 1. The second-order valence-corrected chi connectivity index (χ2v) is 6.31. The second-order valence-electron chi connectivity index (χ2n) is 5.25. The van der Waals surface area contributed by atoms with Crippen molar-refractivity contribution in [2.75, 3.05) is 11.1 Å². The van der Waals surface area contributed by atoms with E-state index >= 15 is 0 Å². The number of anilines is 1. The Kier molecular flexibility index (Phi) is 5.00. The van der Waals surface area contributed by atoms with Crippen molar-refractivity contribution in [3.8, 4) is 0 Å². The highest BCUT2D eigenvalue weighted by Gasteiger charge is 2.11. The molecule has 0 radical (unpaired) electrons. The van der Waals surface area contributed by atoms with Gasteiger partial charge in [-0.2, -0.15) is 0 Å². The molecule has 24 heavy (non-hydrogen) atoms. The van der Waals surface area contributed by atoms with Crippen molar-refractivity contribution < 1.29 is 9.32 Å². The Bertz CT molecular complexity index is 868. The van der Waals surface area contributed by atoms with E-state index in [1.54, 1.807) is 24.8 Å². The van der Waals surface area contributed by atoms with E-state index < -0.39 is 0 Å². The van der Waals surface area contributed by atoms with Crippen LogP contribution < -0.4 is 5.32 Å². The van der Waals surface area contributed by atoms with Crippen LogP contribution in [0.2, 0.25) is 0 Å². The number of nitrogens with one attached hydrogen (secondary N) is 1. The van der Waals surface area contributed by atoms with Gasteiger partial charge in [-0.15, -0.1) is 6.58 Å². The van der Waals surface area contributed by atoms with Crippen LogP contribution in [0.25, 0.3) is 11.0 Å². The number of nitrogens with zero attached hydrogens (tertiary/aromatic N) is 3. The first-order valence-corrected chi connectivity index (χ1v) is 8.58. The van der Waals surface area contributed by atoms with Crippen LogP contribution in [0.5, 0.6) is 0 Å². The topological polar surface area (TPSA) is 73.0 Å². The number of carbonyl (C=O) groups is 1. The number of aromatic nitrogens is 3. The fraction of sp³-hybridized carbons (Fsp3) is 0.235. The van der Waals surface area contributed by atoms with E-state index in [0.717, 1.165) is 16.2 Å². The van der Waals surface area contributed by atoms with Crippen molar-refractivity contribution in [1.82, 2.24) is 14.7 Å². The summed E-state index contributed by atoms with van der Waals surface area (Å²) in [5.41, 5.74) is 2.02. The van der Waals surface area contributed by atoms with E-state index in [9.17, 15) is 4.79 Å². The number of fused-ring (bicyclic) bond motifs is 1. The van der Waals surface area contributed by atoms with Crippen molar-refractivity contribution in [2.45, 2.75) is 25.0 Å². The van der Waals surface area contributed by atoms with E-state index in [4.69, 9.17) is 4.52 Å². The highest BCUT2D eigenvalue weighted by molar-refractivity contribution is 7.99. The zero-order valence-electron chi connectivity index (χ0n) is 13.4. The normalized spacial score (nSPS) is 10.9. The molecule has 3 aromatic rings. The van der Waals surface area contributed by atoms with Crippen LogP contribution in [0.3, 0.4) is 0 Å². The average molecular weight is 342 g/mol. The number of allylic oxidation sites excluding steroid dienone is 1. The molecule has 0 aliphatic carbocycles. The Labute approximate surface area is 143 Å². The molecule has 1 amide bonds. The number of hydrogen-bond acceptors (Lipinski definition) is 5. The lowest BCUT2D eigenvalue weighted by atomic mass is 10.3. The number of thioether (sulfide) groups is 1. The van der Waals surface area contributed by atoms with Gasteiger partial charge in [-0.05, 0) is 19.1 Å². The number of aryl methyl sites for hydroxylation is 1. The van der Waals surface area contributed by atoms with Gasteiger partial charge in [0.1, 0.15) is 5.76 Å². The molecular formula is C17H18N4O2S. The largest absolute Gasteiger partial charge is 0.360 e. The van der Waals surface area contributed by atoms with Gasteiger partial charge in [0.15, 0.2) is 11.0 Å². The molecule has 7 heteroatoms. The summed E-state index contributed by atoms with van der Waals surface area (Å²) in [5, 5.41) is 7.35. The standard InChI is InChI=1S/C17H18N4O2S/c1-3-9-21-14-7-5-4-6-13(14)18-17(21)24-10-8-16(22)19-15-11-12(2)23-20-15/h3-7,11H,1,8-10H2,2H3,(H,19,20,22). The first-order valence-electron chi connectivity index (χ1n) is 7.59. The average Bonchev–Trinajstić information content (AvgIpc) is 3.12. The highest BCUT2D eigenvalue weighted by Crippen LogP contribution is 2.24. The summed E-state index contributed by atoms with van der Waals surface area (Å²) in [6, 6.07) is 9.67. The molecule has 0 atom stereocenters. The second kappa shape index (κ2) is 7.35. The first-order chi connectivity index (χ1) is 11.7. The van der Waals surface area contributed by atoms with E-state index in [0.29, 0.717) is 30.3 Å². The number of carbonyl (C=O) groups excluding carboxylic acids is 1. The third-order valence-electron chi connectivity index (χ3n) is 3.39. The van der Waals surface area contributed by atoms with Crippen LogP contribution in [0.1, 0.15) is 12.2 Å². The number of imidazole rings is 1. The number of hydrogen-bond donors (Lipinski definition) is 1. The van der Waals surface area contributed by atoms with Gasteiger partial charge in [-0.25, -0.2) is 4.98 Å². The third kappa shape index (κ3) is 3.68. The van der Waals surface area contributed by atoms with E-state index in [1.165, 1.54) is 0 Å². The number of rotatable bonds is 7. The van der Waals surface area contributed by atoms with Gasteiger partial charge in [-0.1, -0.05) is 35.1 Å². The Balaban J connectivity index is 1.62. The van der Waals surface area contributed by atoms with Crippen LogP contribution in [0.4, 0.5) is 5.82 Å². The monoisotopic (exact) mass is 342 g/mol. The summed E-state index contributed by atoms with van der Waals surface area (Å²) < 4.78 is 7.03. The molecule has 2 heterocycles. The van der Waals surface area contributed by atoms with E-state index in [1.807, 2.05) is 30.3 Å². The molecular weight excluding hydrogens is 324 g/mol. The Morgan fingerprint density at radius 2 is 2.29 bits per heavy atom. The van der Waals surface area contributed by atoms with Gasteiger partial charge in [0.05, 0.1) is 11.0 Å². The van der Waals surface area contributed by atoms with Crippen molar-refractivity contribution in [1.29, 1.82) is 0 Å². The Hall–Kier alpha value is -2.54. The smallest absolute Gasteiger partial charge is 0.226 e. The molecule has 0 fully saturated rings. The zero-order valence-corrected chi connectivity index (χ0v) is 14.2. The molecule has 1 N–H and O–H groups in total. The van der Waals surface area contributed by atoms with Crippen LogP contribution in [0, 0.1) is 6.92 Å². The molecule has 0 unspecified atom stereocenters. The molecule has 0 spiro atoms. The fourth-order valence-corrected chi connectivity index (χ4v) is 3.30. The number of para-hydroxylation sites is 2. The van der Waals surface area contributed by atoms with Gasteiger partial charge in [0, 0.05) is 24.8 Å². The maximum atomic E-state index is 11.9. The van der Waals surface area contributed by atoms with Crippen molar-refractivity contribution in [2.24, 2.45) is 0 Å². The van der Waals surface area contributed by atoms with Crippen molar-refractivity contribution in [3.05, 3.63) is 48.7 Å². The molecule has 124 valence electrons. The Morgan fingerprint density at radius 3 is 3.04 bits per heavy atom. The summed E-state index contributed by atoms with van der Waals surface area (Å²) in [6.45, 7) is 6.27. The molecule has 6 nitrogen and oxygen atoms in total. The minimum atomic E-state index is -0.0952. The molecule has 1 aromatic carbocycles. The molecule has 0 saturated heterocycles. The number of benzene rings is 1. The molecule has 0 saturated carbocycles. The summed E-state index contributed by atoms with van der Waals surface area (Å²) >= 11 is 1.56. The van der Waals surface area contributed by atoms with Crippen LogP contribution in [0.15, 0.2) is 52.7 Å². The predicted octanol–water partition coefficient (Wildman–Crippen LogP) is 3.64. The van der Waals surface area contributed by atoms with Crippen molar-refractivity contribution in [3.63, 3.8) is 0 Å². The molecule has 0 aliphatic rings. The lowest BCUT2D eigenvalue weighted by Crippen LogP contribution is -2.12. The lowest BCUT2D eigenvalue weighted by Gasteiger charge is -2.05. The SMILES string of the molecule is C=CCn1c(SCCC(=O)Nc2cc(C)on2)nc2ccccc21. The summed E-state index contributed by atoms with van der Waals surface area (Å²) in [5.74, 6) is 1.64. The van der Waals surface area contributed by atoms with Crippen LogP contribution in [-0.2, 0) is 11.3 Å². The molecule has 0 aliphatic heterocycles. The van der Waals surface area contributed by atoms with Gasteiger partial charge >= 0.3 is 0 Å². The highest BCUT2D eigenvalue weighted by atomic mass is 32.2. The van der Waals surface area contributed by atoms with Gasteiger partial charge < -0.3 is 14.4 Å². The van der Waals surface area contributed by atoms with E-state index in [2.05, 4.69) is 26.6 Å². The molecule has 3 rings (SSSR count). The van der Waals surface area contributed by atoms with Gasteiger partial charge in [0.2, 0.25) is 5.91 Å². The van der Waals surface area contributed by atoms with Crippen LogP contribution in [-0.4, -0.2) is 26.4 Å². The zero-order chi connectivity index (χ0) is 16.9. The Morgan fingerprint density at radius 1 is 1.46 bits per heavy atom. The summed E-state index contributed by atoms with van der Waals surface area (Å²) in [4.78, 5) is 16.6. The summed E-state index contributed by atoms with van der Waals surface area (Å²) in [7, 11) is 0. The van der Waals surface area contributed by atoms with Crippen LogP contribution >= 0.6 is 11.8 Å². The molecule has 0 bridgehead atoms. The summed E-state index contributed by atoms with van der Waals surface area (Å²) in [6.07, 6.45) is 2.21. The minimum Gasteiger partial charge on any atom is -0.360 e. The fourth-order valence-electron chi connectivity index (χ4n) is 2.33. The quantitative estimate of drug-likeness (QED) is 0.524. The van der Waals surface area contributed by atoms with Gasteiger partial charge in [-0.3, -0.25) is 4.79 Å². The minimum absolute atomic E-state index is 0.0952. The molecule has 2 aromatic heterocycles. The third-order valence-corrected chi connectivity index (χ3v) is 4.37.